The molecule has 2 aromatic rings. The van der Waals surface area contributed by atoms with Crippen molar-refractivity contribution in [2.75, 3.05) is 12.8 Å². The van der Waals surface area contributed by atoms with E-state index in [1.54, 1.807) is 32.2 Å². The van der Waals surface area contributed by atoms with Crippen LogP contribution in [0.25, 0.3) is 0 Å². The van der Waals surface area contributed by atoms with Crippen LogP contribution in [0, 0.1) is 6.92 Å². The molecule has 1 aromatic carbocycles. The first-order valence-electron chi connectivity index (χ1n) is 5.76. The fraction of sp³-hybridized carbons (Fsp3) is 0.231. The van der Waals surface area contributed by atoms with Crippen LogP contribution < -0.4 is 5.73 Å². The van der Waals surface area contributed by atoms with Gasteiger partial charge in [0.25, 0.3) is 0 Å². The summed E-state index contributed by atoms with van der Waals surface area (Å²) < 4.78 is 26.4. The van der Waals surface area contributed by atoms with Crippen LogP contribution in [0.15, 0.2) is 40.6 Å². The van der Waals surface area contributed by atoms with E-state index in [9.17, 15) is 8.42 Å². The highest BCUT2D eigenvalue weighted by Gasteiger charge is 2.25. The Labute approximate surface area is 117 Å². The van der Waals surface area contributed by atoms with Crippen molar-refractivity contribution in [1.82, 2.24) is 4.31 Å². The molecule has 0 aliphatic heterocycles. The second-order valence-corrected chi connectivity index (χ2v) is 7.35. The molecular formula is C13H16N2O2S2. The van der Waals surface area contributed by atoms with E-state index in [0.717, 1.165) is 4.88 Å². The monoisotopic (exact) mass is 296 g/mol. The molecule has 19 heavy (non-hydrogen) atoms. The van der Waals surface area contributed by atoms with Gasteiger partial charge in [-0.3, -0.25) is 0 Å². The number of nitrogen functional groups attached to an aromatic ring is 1. The van der Waals surface area contributed by atoms with Gasteiger partial charge in [0.2, 0.25) is 10.0 Å². The molecule has 0 atom stereocenters. The first-order chi connectivity index (χ1) is 8.93. The van der Waals surface area contributed by atoms with Gasteiger partial charge >= 0.3 is 0 Å². The Hall–Kier alpha value is -1.37. The number of hydrogen-bond donors (Lipinski definition) is 1. The Kier molecular flexibility index (Phi) is 3.93. The van der Waals surface area contributed by atoms with Crippen LogP contribution in [-0.2, 0) is 16.6 Å². The molecule has 0 bridgehead atoms. The van der Waals surface area contributed by atoms with Crippen molar-refractivity contribution in [3.8, 4) is 0 Å². The third kappa shape index (κ3) is 2.80. The summed E-state index contributed by atoms with van der Waals surface area (Å²) >= 11 is 1.53. The summed E-state index contributed by atoms with van der Waals surface area (Å²) in [7, 11) is -1.99. The normalized spacial score (nSPS) is 11.9. The van der Waals surface area contributed by atoms with Crippen LogP contribution >= 0.6 is 11.3 Å². The first kappa shape index (κ1) is 14.0. The Morgan fingerprint density at radius 2 is 2.00 bits per heavy atom. The van der Waals surface area contributed by atoms with Gasteiger partial charge in [0.1, 0.15) is 4.90 Å². The SMILES string of the molecule is Cc1cccc(N)c1S(=O)(=O)N(C)Cc1cccs1. The molecule has 0 radical (unpaired) electrons. The topological polar surface area (TPSA) is 63.4 Å². The van der Waals surface area contributed by atoms with Crippen molar-refractivity contribution >= 4 is 27.0 Å². The van der Waals surface area contributed by atoms with E-state index in [2.05, 4.69) is 0 Å². The van der Waals surface area contributed by atoms with Crippen molar-refractivity contribution < 1.29 is 8.42 Å². The summed E-state index contributed by atoms with van der Waals surface area (Å²) in [6, 6.07) is 8.94. The van der Waals surface area contributed by atoms with Crippen LogP contribution in [0.5, 0.6) is 0 Å². The zero-order valence-electron chi connectivity index (χ0n) is 10.8. The van der Waals surface area contributed by atoms with Gasteiger partial charge in [-0.05, 0) is 30.0 Å². The maximum absolute atomic E-state index is 12.6. The number of nitrogens with two attached hydrogens (primary N) is 1. The number of benzene rings is 1. The number of anilines is 1. The lowest BCUT2D eigenvalue weighted by atomic mass is 10.2. The van der Waals surface area contributed by atoms with Crippen molar-refractivity contribution in [2.45, 2.75) is 18.4 Å². The highest BCUT2D eigenvalue weighted by atomic mass is 32.2. The molecule has 0 aliphatic carbocycles. The number of aryl methyl sites for hydroxylation is 1. The predicted octanol–water partition coefficient (Wildman–Crippen LogP) is 2.46. The molecule has 0 aliphatic rings. The summed E-state index contributed by atoms with van der Waals surface area (Å²) in [5.74, 6) is 0. The fourth-order valence-electron chi connectivity index (χ4n) is 1.89. The number of thiophene rings is 1. The molecule has 0 amide bonds. The molecule has 6 heteroatoms. The van der Waals surface area contributed by atoms with Gasteiger partial charge < -0.3 is 5.73 Å². The molecule has 0 fully saturated rings. The third-order valence-electron chi connectivity index (χ3n) is 2.87. The van der Waals surface area contributed by atoms with Crippen molar-refractivity contribution in [2.24, 2.45) is 0 Å². The zero-order valence-corrected chi connectivity index (χ0v) is 12.5. The smallest absolute Gasteiger partial charge is 0.245 e. The standard InChI is InChI=1S/C13H16N2O2S2/c1-10-5-3-7-12(14)13(10)19(16,17)15(2)9-11-6-4-8-18-11/h3-8H,9,14H2,1-2H3. The Morgan fingerprint density at radius 1 is 1.26 bits per heavy atom. The lowest BCUT2D eigenvalue weighted by molar-refractivity contribution is 0.469. The summed E-state index contributed by atoms with van der Waals surface area (Å²) in [4.78, 5) is 1.20. The van der Waals surface area contributed by atoms with E-state index >= 15 is 0 Å². The van der Waals surface area contributed by atoms with Crippen LogP contribution in [0.3, 0.4) is 0 Å². The second-order valence-electron chi connectivity index (χ2n) is 4.33. The quantitative estimate of drug-likeness (QED) is 0.882. The minimum absolute atomic E-state index is 0.203. The molecule has 0 unspecified atom stereocenters. The average molecular weight is 296 g/mol. The van der Waals surface area contributed by atoms with E-state index in [1.807, 2.05) is 17.5 Å². The lowest BCUT2D eigenvalue weighted by Crippen LogP contribution is -2.27. The van der Waals surface area contributed by atoms with Gasteiger partial charge in [0.05, 0.1) is 5.69 Å². The van der Waals surface area contributed by atoms with Crippen molar-refractivity contribution in [3.63, 3.8) is 0 Å². The van der Waals surface area contributed by atoms with Gasteiger partial charge in [-0.15, -0.1) is 11.3 Å². The Balaban J connectivity index is 2.37. The highest BCUT2D eigenvalue weighted by molar-refractivity contribution is 7.89. The molecule has 1 aromatic heterocycles. The van der Waals surface area contributed by atoms with Crippen molar-refractivity contribution in [3.05, 3.63) is 46.2 Å². The lowest BCUT2D eigenvalue weighted by Gasteiger charge is -2.19. The fourth-order valence-corrected chi connectivity index (χ4v) is 4.19. The van der Waals surface area contributed by atoms with Crippen LogP contribution in [-0.4, -0.2) is 19.8 Å². The summed E-state index contributed by atoms with van der Waals surface area (Å²) in [5.41, 5.74) is 6.77. The zero-order chi connectivity index (χ0) is 14.0. The van der Waals surface area contributed by atoms with Gasteiger partial charge in [0.15, 0.2) is 0 Å². The molecule has 0 saturated heterocycles. The minimum atomic E-state index is -3.56. The average Bonchev–Trinajstić information content (AvgIpc) is 2.81. The predicted molar refractivity (Wildman–Crippen MR) is 78.6 cm³/mol. The maximum atomic E-state index is 12.6. The summed E-state index contributed by atoms with van der Waals surface area (Å²) in [5, 5.41) is 1.93. The Morgan fingerprint density at radius 3 is 2.58 bits per heavy atom. The summed E-state index contributed by atoms with van der Waals surface area (Å²) in [6.45, 7) is 2.11. The summed E-state index contributed by atoms with van der Waals surface area (Å²) in [6.07, 6.45) is 0. The molecule has 4 nitrogen and oxygen atoms in total. The first-order valence-corrected chi connectivity index (χ1v) is 8.08. The minimum Gasteiger partial charge on any atom is -0.398 e. The second kappa shape index (κ2) is 5.32. The van der Waals surface area contributed by atoms with Crippen LogP contribution in [0.2, 0.25) is 0 Å². The molecule has 2 rings (SSSR count). The number of rotatable bonds is 4. The van der Waals surface area contributed by atoms with Gasteiger partial charge in [0, 0.05) is 18.5 Å². The van der Waals surface area contributed by atoms with Gasteiger partial charge in [-0.1, -0.05) is 18.2 Å². The number of hydrogen-bond acceptors (Lipinski definition) is 4. The van der Waals surface area contributed by atoms with E-state index in [0.29, 0.717) is 12.1 Å². The highest BCUT2D eigenvalue weighted by Crippen LogP contribution is 2.26. The van der Waals surface area contributed by atoms with E-state index in [1.165, 1.54) is 15.6 Å². The molecule has 102 valence electrons. The maximum Gasteiger partial charge on any atom is 0.245 e. The molecule has 0 spiro atoms. The number of sulfonamides is 1. The Bertz CT molecular complexity index is 644. The van der Waals surface area contributed by atoms with Gasteiger partial charge in [-0.2, -0.15) is 4.31 Å². The molecule has 2 N–H and O–H groups in total. The largest absolute Gasteiger partial charge is 0.398 e. The molecule has 1 heterocycles. The van der Waals surface area contributed by atoms with Gasteiger partial charge in [-0.25, -0.2) is 8.42 Å². The van der Waals surface area contributed by atoms with Crippen LogP contribution in [0.4, 0.5) is 5.69 Å². The third-order valence-corrected chi connectivity index (χ3v) is 5.75. The number of nitrogens with zero attached hydrogens (tertiary/aromatic N) is 1. The molecular weight excluding hydrogens is 280 g/mol. The van der Waals surface area contributed by atoms with Crippen molar-refractivity contribution in [1.29, 1.82) is 0 Å². The molecule has 0 saturated carbocycles. The van der Waals surface area contributed by atoms with E-state index in [-0.39, 0.29) is 10.6 Å². The van der Waals surface area contributed by atoms with Crippen LogP contribution in [0.1, 0.15) is 10.4 Å². The van der Waals surface area contributed by atoms with E-state index < -0.39 is 10.0 Å². The van der Waals surface area contributed by atoms with E-state index in [4.69, 9.17) is 5.73 Å².